The average Bonchev–Trinajstić information content (AvgIpc) is 4.00. The zero-order valence-electron chi connectivity index (χ0n) is 40.8. The predicted molar refractivity (Wildman–Crippen MR) is 282 cm³/mol. The van der Waals surface area contributed by atoms with Crippen LogP contribution in [0.15, 0.2) is 181 Å². The largest absolute Gasteiger partial charge is 0.506 e. The van der Waals surface area contributed by atoms with Gasteiger partial charge in [-0.1, -0.05) is 142 Å². The summed E-state index contributed by atoms with van der Waals surface area (Å²) in [5, 5.41) is 2.11. The van der Waals surface area contributed by atoms with Crippen LogP contribution in [0.4, 0.5) is 4.39 Å². The molecule has 0 aliphatic rings. The van der Waals surface area contributed by atoms with Gasteiger partial charge in [-0.2, -0.15) is 0 Å². The predicted octanol–water partition coefficient (Wildman–Crippen LogP) is 15.9. The number of benzene rings is 7. The first-order valence-corrected chi connectivity index (χ1v) is 23.8. The van der Waals surface area contributed by atoms with E-state index in [-0.39, 0.29) is 25.9 Å². The minimum absolute atomic E-state index is 0. The Balaban J connectivity index is 0.000000174. The van der Waals surface area contributed by atoms with Crippen LogP contribution in [0, 0.1) is 44.2 Å². The van der Waals surface area contributed by atoms with Gasteiger partial charge in [-0.05, 0) is 98.9 Å². The maximum Gasteiger partial charge on any atom is 0.241 e. The first kappa shape index (κ1) is 48.5. The third kappa shape index (κ3) is 10.2. The van der Waals surface area contributed by atoms with Crippen LogP contribution in [0.25, 0.3) is 94.8 Å². The number of aryl methyl sites for hydroxylation is 3. The Kier molecular flexibility index (Phi) is 14.2. The first-order valence-electron chi connectivity index (χ1n) is 23.8. The monoisotopic (exact) mass is 1100 g/mol. The van der Waals surface area contributed by atoms with Gasteiger partial charge in [-0.15, -0.1) is 83.4 Å². The number of fused-ring (bicyclic) bond motifs is 3. The van der Waals surface area contributed by atoms with Crippen molar-refractivity contribution in [2.45, 2.75) is 53.4 Å². The number of aromatic nitrogens is 4. The number of rotatable bonds is 9. The van der Waals surface area contributed by atoms with Crippen molar-refractivity contribution in [3.05, 3.63) is 229 Å². The van der Waals surface area contributed by atoms with E-state index in [0.29, 0.717) is 11.8 Å². The Labute approximate surface area is 429 Å². The fraction of sp³-hybridized carbons (Fsp3) is 0.141. The van der Waals surface area contributed by atoms with Crippen molar-refractivity contribution >= 4 is 21.9 Å². The molecule has 0 amide bonds. The molecule has 71 heavy (non-hydrogen) atoms. The molecule has 0 aliphatic carbocycles. The van der Waals surface area contributed by atoms with Gasteiger partial charge < -0.3 is 23.5 Å². The van der Waals surface area contributed by atoms with E-state index in [1.54, 1.807) is 6.07 Å². The summed E-state index contributed by atoms with van der Waals surface area (Å²) in [4.78, 5) is 9.65. The quantitative estimate of drug-likeness (QED) is 0.107. The zero-order valence-corrected chi connectivity index (χ0v) is 43.2. The molecule has 0 saturated heterocycles. The number of furan rings is 1. The fourth-order valence-electron chi connectivity index (χ4n) is 9.02. The molecule has 11 rings (SSSR count). The third-order valence-corrected chi connectivity index (χ3v) is 12.9. The van der Waals surface area contributed by atoms with Gasteiger partial charge in [0.05, 0.1) is 12.6 Å². The molecule has 1 radical (unpaired) electrons. The zero-order chi connectivity index (χ0) is 48.5. The number of hydrogen-bond acceptors (Lipinski definition) is 3. The maximum absolute atomic E-state index is 13.7. The van der Waals surface area contributed by atoms with Gasteiger partial charge in [0.15, 0.2) is 0 Å². The van der Waals surface area contributed by atoms with E-state index in [1.807, 2.05) is 65.1 Å². The van der Waals surface area contributed by atoms with E-state index >= 15 is 0 Å². The number of nitrogens with zero attached hydrogens (tertiary/aromatic N) is 4. The van der Waals surface area contributed by atoms with Crippen molar-refractivity contribution < 1.29 is 33.5 Å². The standard InChI is InChI=1S/C35H30FN.C29H22N3O.Ir/c1-23(2)31-19-28(25-11-7-5-8-12-25)20-32(24(3)4)35(31)29-21-33(26-13-9-6-10-14-26)37-34(22-29)27-15-17-30(36)18-16-27;1-19-13-26(30-17-20(19)2)23-14-25-24-10-9-22(21-7-5-4-6-8-21)16-28(24)33-29(25)27(15-23)32-12-11-31(3)18-32;/h5-13,15,17-24H,1-4H3;4-14,16-17H,1-3H3;/q-2;-1;. The summed E-state index contributed by atoms with van der Waals surface area (Å²) in [7, 11) is 1.95. The minimum Gasteiger partial charge on any atom is -0.506 e. The van der Waals surface area contributed by atoms with E-state index in [9.17, 15) is 4.39 Å². The molecule has 7 heteroatoms. The normalized spacial score (nSPS) is 11.2. The van der Waals surface area contributed by atoms with Gasteiger partial charge in [-0.25, -0.2) is 0 Å². The van der Waals surface area contributed by atoms with Crippen molar-refractivity contribution in [1.29, 1.82) is 0 Å². The second-order valence-electron chi connectivity index (χ2n) is 18.5. The Morgan fingerprint density at radius 3 is 1.86 bits per heavy atom. The molecule has 4 heterocycles. The van der Waals surface area contributed by atoms with Crippen LogP contribution >= 0.6 is 0 Å². The first-order chi connectivity index (χ1) is 34.0. The summed E-state index contributed by atoms with van der Waals surface area (Å²) in [5.74, 6) is 0.325. The van der Waals surface area contributed by atoms with Crippen molar-refractivity contribution in [2.24, 2.45) is 7.05 Å². The smallest absolute Gasteiger partial charge is 0.241 e. The summed E-state index contributed by atoms with van der Waals surface area (Å²) in [6.07, 6.45) is 9.13. The number of halogens is 1. The molecule has 11 aromatic rings. The third-order valence-electron chi connectivity index (χ3n) is 12.9. The van der Waals surface area contributed by atoms with E-state index in [2.05, 4.69) is 180 Å². The van der Waals surface area contributed by atoms with E-state index < -0.39 is 0 Å². The Morgan fingerprint density at radius 1 is 0.606 bits per heavy atom. The molecule has 0 saturated carbocycles. The van der Waals surface area contributed by atoms with Crippen molar-refractivity contribution in [3.63, 3.8) is 0 Å². The van der Waals surface area contributed by atoms with Crippen molar-refractivity contribution in [2.75, 3.05) is 0 Å². The molecule has 5 nitrogen and oxygen atoms in total. The molecule has 4 aromatic heterocycles. The number of imidazole rings is 1. The van der Waals surface area contributed by atoms with Crippen LogP contribution in [0.5, 0.6) is 0 Å². The van der Waals surface area contributed by atoms with Crippen LogP contribution in [-0.4, -0.2) is 14.5 Å². The van der Waals surface area contributed by atoms with Gasteiger partial charge in [0.2, 0.25) is 6.33 Å². The van der Waals surface area contributed by atoms with Crippen LogP contribution in [0.3, 0.4) is 0 Å². The Hall–Kier alpha value is -7.57. The van der Waals surface area contributed by atoms with Gasteiger partial charge >= 0.3 is 0 Å². The van der Waals surface area contributed by atoms with Crippen molar-refractivity contribution in [1.82, 2.24) is 14.5 Å². The fourth-order valence-corrected chi connectivity index (χ4v) is 9.02. The molecule has 0 bridgehead atoms. The summed E-state index contributed by atoms with van der Waals surface area (Å²) < 4.78 is 23.9. The molecule has 0 fully saturated rings. The second-order valence-corrected chi connectivity index (χ2v) is 18.5. The molecule has 353 valence electrons. The topological polar surface area (TPSA) is 47.7 Å². The molecular weight excluding hydrogens is 1050 g/mol. The van der Waals surface area contributed by atoms with E-state index in [0.717, 1.165) is 78.1 Å². The molecule has 0 spiro atoms. The molecule has 0 unspecified atom stereocenters. The van der Waals surface area contributed by atoms with Crippen LogP contribution < -0.4 is 4.57 Å². The molecule has 0 atom stereocenters. The SMILES string of the molecule is CC(C)c1cc(-c2ccccc2)cc(C(C)C)c1-c1cc(-c2[c-]cccc2)nc(-c2[c-]cc(F)cc2)c1.Cc1cnc(-c2[c-]c(-n3[c-][n+](C)cc3)c3oc4cc(-c5ccccc5)ccc4c3c2)cc1C.[Ir]. The number of pyridine rings is 2. The second kappa shape index (κ2) is 20.8. The van der Waals surface area contributed by atoms with Gasteiger partial charge in [0, 0.05) is 55.6 Å². The van der Waals surface area contributed by atoms with Gasteiger partial charge in [0.25, 0.3) is 0 Å². The Bertz CT molecular complexity index is 3610. The van der Waals surface area contributed by atoms with Gasteiger partial charge in [0.1, 0.15) is 5.58 Å². The summed E-state index contributed by atoms with van der Waals surface area (Å²) >= 11 is 0. The van der Waals surface area contributed by atoms with Gasteiger partial charge in [-0.3, -0.25) is 4.39 Å². The Morgan fingerprint density at radius 2 is 1.27 bits per heavy atom. The summed E-state index contributed by atoms with van der Waals surface area (Å²) in [6.45, 7) is 13.2. The van der Waals surface area contributed by atoms with Crippen LogP contribution in [0.1, 0.15) is 61.8 Å². The molecule has 7 aromatic carbocycles. The maximum atomic E-state index is 13.7. The summed E-state index contributed by atoms with van der Waals surface area (Å²) in [5.41, 5.74) is 19.6. The molecule has 0 aliphatic heterocycles. The number of hydrogen-bond donors (Lipinski definition) is 0. The summed E-state index contributed by atoms with van der Waals surface area (Å²) in [6, 6.07) is 62.9. The minimum atomic E-state index is -0.308. The van der Waals surface area contributed by atoms with E-state index in [1.165, 1.54) is 51.1 Å². The van der Waals surface area contributed by atoms with Crippen LogP contribution in [0.2, 0.25) is 0 Å². The average molecular weight is 1100 g/mol. The van der Waals surface area contributed by atoms with Crippen LogP contribution in [-0.2, 0) is 27.2 Å². The van der Waals surface area contributed by atoms with Crippen molar-refractivity contribution in [3.8, 4) is 72.8 Å². The van der Waals surface area contributed by atoms with E-state index in [4.69, 9.17) is 9.40 Å². The molecular formula is C64H52FIrN4O-3. The molecule has 0 N–H and O–H groups in total.